The summed E-state index contributed by atoms with van der Waals surface area (Å²) in [6.45, 7) is 7.18. The number of nitrogens with two attached hydrogens (primary N) is 1. The Morgan fingerprint density at radius 2 is 1.30 bits per heavy atom. The quantitative estimate of drug-likeness (QED) is 0.0832. The van der Waals surface area contributed by atoms with E-state index in [0.29, 0.717) is 67.7 Å². The lowest BCUT2D eigenvalue weighted by molar-refractivity contribution is 0.481. The van der Waals surface area contributed by atoms with E-state index in [9.17, 15) is 24.3 Å². The highest BCUT2D eigenvalue weighted by Gasteiger charge is 2.21. The number of hydrogen-bond acceptors (Lipinski definition) is 8. The smallest absolute Gasteiger partial charge is 0.266 e. The minimum Gasteiger partial charge on any atom is -0.507 e. The van der Waals surface area contributed by atoms with Crippen molar-refractivity contribution in [2.45, 2.75) is 39.2 Å². The first kappa shape index (κ1) is 35.0. The number of aromatic amines is 4. The molecule has 2 atom stereocenters. The molecule has 11 nitrogen and oxygen atoms in total. The molecule has 0 fully saturated rings. The van der Waals surface area contributed by atoms with E-state index in [-0.39, 0.29) is 46.2 Å². The minimum atomic E-state index is -0.457. The van der Waals surface area contributed by atoms with Gasteiger partial charge in [-0.3, -0.25) is 19.2 Å². The van der Waals surface area contributed by atoms with Crippen molar-refractivity contribution in [2.75, 3.05) is 13.1 Å². The fraction of sp³-hybridized carbons (Fsp3) is 0.190. The SMILES string of the molecule is Cc1[nH]c(=O)c(-c2ccc(C(C)CNCc3[nH]c(=O)c(-c4ccc(C(C)CN)cc4)c4c3[nH]c(=O)c3c(O)cccc34)cc2)c2c1[nH]c(=O)c1sccc12. The number of pyridine rings is 4. The van der Waals surface area contributed by atoms with E-state index in [1.54, 1.807) is 19.1 Å². The fourth-order valence-electron chi connectivity index (χ4n) is 7.53. The largest absolute Gasteiger partial charge is 0.507 e. The van der Waals surface area contributed by atoms with Crippen LogP contribution in [-0.4, -0.2) is 38.1 Å². The molecule has 0 radical (unpaired) electrons. The molecule has 8 N–H and O–H groups in total. The molecular weight excluding hydrogens is 701 g/mol. The summed E-state index contributed by atoms with van der Waals surface area (Å²) in [5.41, 5.74) is 11.3. The Bertz CT molecular complexity index is 2990. The summed E-state index contributed by atoms with van der Waals surface area (Å²) in [6.07, 6.45) is 0. The number of hydrogen-bond donors (Lipinski definition) is 7. The van der Waals surface area contributed by atoms with Gasteiger partial charge in [0.2, 0.25) is 0 Å². The molecule has 8 aromatic rings. The summed E-state index contributed by atoms with van der Waals surface area (Å²) in [4.78, 5) is 65.2. The third-order valence-electron chi connectivity index (χ3n) is 10.5. The van der Waals surface area contributed by atoms with E-state index in [1.807, 2.05) is 66.9 Å². The summed E-state index contributed by atoms with van der Waals surface area (Å²) in [5.74, 6) is 0.0271. The molecule has 0 aliphatic rings. The number of phenolic OH excluding ortho intramolecular Hbond substituents is 1. The summed E-state index contributed by atoms with van der Waals surface area (Å²) < 4.78 is 0.580. The van der Waals surface area contributed by atoms with Gasteiger partial charge in [-0.15, -0.1) is 11.3 Å². The topological polar surface area (TPSA) is 190 Å². The van der Waals surface area contributed by atoms with Crippen LogP contribution in [0.25, 0.3) is 64.9 Å². The molecule has 54 heavy (non-hydrogen) atoms. The summed E-state index contributed by atoms with van der Waals surface area (Å²) >= 11 is 1.35. The first-order valence-corrected chi connectivity index (χ1v) is 18.6. The number of fused-ring (bicyclic) bond motifs is 6. The summed E-state index contributed by atoms with van der Waals surface area (Å²) in [7, 11) is 0. The van der Waals surface area contributed by atoms with Crippen molar-refractivity contribution in [3.8, 4) is 28.0 Å². The monoisotopic (exact) mass is 738 g/mol. The molecule has 0 aliphatic carbocycles. The molecule has 8 rings (SSSR count). The van der Waals surface area contributed by atoms with Crippen LogP contribution in [-0.2, 0) is 6.54 Å². The second kappa shape index (κ2) is 13.7. The van der Waals surface area contributed by atoms with Crippen LogP contribution in [0.5, 0.6) is 5.75 Å². The molecule has 2 unspecified atom stereocenters. The molecule has 12 heteroatoms. The van der Waals surface area contributed by atoms with Crippen molar-refractivity contribution in [2.24, 2.45) is 5.73 Å². The van der Waals surface area contributed by atoms with E-state index in [2.05, 4.69) is 32.2 Å². The minimum absolute atomic E-state index is 0.0375. The maximum absolute atomic E-state index is 13.9. The van der Waals surface area contributed by atoms with Crippen molar-refractivity contribution >= 4 is 54.0 Å². The predicted molar refractivity (Wildman–Crippen MR) is 218 cm³/mol. The second-order valence-corrected chi connectivity index (χ2v) is 14.9. The van der Waals surface area contributed by atoms with Gasteiger partial charge in [0.05, 0.1) is 33.2 Å². The highest BCUT2D eigenvalue weighted by molar-refractivity contribution is 7.17. The van der Waals surface area contributed by atoms with E-state index >= 15 is 0 Å². The summed E-state index contributed by atoms with van der Waals surface area (Å²) in [6, 6.07) is 22.3. The van der Waals surface area contributed by atoms with Crippen molar-refractivity contribution in [3.63, 3.8) is 0 Å². The zero-order chi connectivity index (χ0) is 37.8. The van der Waals surface area contributed by atoms with Gasteiger partial charge in [-0.05, 0) is 65.1 Å². The Morgan fingerprint density at radius 1 is 0.685 bits per heavy atom. The van der Waals surface area contributed by atoms with Gasteiger partial charge in [0.15, 0.2) is 0 Å². The Hall–Kier alpha value is -6.08. The lowest BCUT2D eigenvalue weighted by Crippen LogP contribution is -2.24. The number of aromatic hydroxyl groups is 1. The van der Waals surface area contributed by atoms with Crippen LogP contribution < -0.4 is 33.3 Å². The first-order valence-electron chi connectivity index (χ1n) is 17.8. The number of thiophene rings is 1. The fourth-order valence-corrected chi connectivity index (χ4v) is 8.32. The van der Waals surface area contributed by atoms with E-state index in [4.69, 9.17) is 5.73 Å². The number of phenols is 1. The molecule has 0 saturated heterocycles. The molecule has 3 aromatic carbocycles. The first-order chi connectivity index (χ1) is 26.0. The van der Waals surface area contributed by atoms with Crippen LogP contribution in [0.1, 0.15) is 48.2 Å². The number of H-pyrrole nitrogens is 4. The van der Waals surface area contributed by atoms with Gasteiger partial charge in [0.1, 0.15) is 10.4 Å². The highest BCUT2D eigenvalue weighted by Crippen LogP contribution is 2.35. The van der Waals surface area contributed by atoms with Gasteiger partial charge >= 0.3 is 0 Å². The number of aryl methyl sites for hydroxylation is 1. The van der Waals surface area contributed by atoms with Crippen LogP contribution >= 0.6 is 11.3 Å². The van der Waals surface area contributed by atoms with Gasteiger partial charge in [-0.1, -0.05) is 74.5 Å². The third kappa shape index (κ3) is 5.84. The van der Waals surface area contributed by atoms with Gasteiger partial charge in [0, 0.05) is 40.3 Å². The molecule has 0 saturated carbocycles. The Kier molecular flexibility index (Phi) is 8.89. The van der Waals surface area contributed by atoms with Crippen LogP contribution in [0.15, 0.2) is 97.4 Å². The molecular formula is C42H38N6O5S. The molecule has 0 spiro atoms. The molecule has 0 aliphatic heterocycles. The van der Waals surface area contributed by atoms with Crippen LogP contribution in [0.3, 0.4) is 0 Å². The van der Waals surface area contributed by atoms with Crippen molar-refractivity contribution < 1.29 is 5.11 Å². The maximum Gasteiger partial charge on any atom is 0.266 e. The standard InChI is InChI=1S/C42H38N6O5S/c1-20(17-43)23-7-11-25(12-8-23)31-34-27-5-4-6-30(49)33(27)41(52)48-37(34)29(46-40(31)51)19-44-18-21(2)24-9-13-26(14-10-24)32-35-28-15-16-54-38(28)42(53)47-36(35)22(3)45-39(32)50/h4-16,20-21,44,49H,17-19,43H2,1-3H3,(H,45,50)(H,46,51)(H,47,53)(H,48,52). The molecule has 5 heterocycles. The Balaban J connectivity index is 1.11. The van der Waals surface area contributed by atoms with Crippen molar-refractivity contribution in [1.29, 1.82) is 0 Å². The Morgan fingerprint density at radius 3 is 1.96 bits per heavy atom. The summed E-state index contributed by atoms with van der Waals surface area (Å²) in [5, 5.41) is 18.6. The number of benzene rings is 3. The maximum atomic E-state index is 13.9. The highest BCUT2D eigenvalue weighted by atomic mass is 32.1. The lowest BCUT2D eigenvalue weighted by atomic mass is 9.94. The Labute approximate surface area is 311 Å². The van der Waals surface area contributed by atoms with E-state index in [1.165, 1.54) is 17.4 Å². The molecule has 5 aromatic heterocycles. The average Bonchev–Trinajstić information content (AvgIpc) is 3.67. The van der Waals surface area contributed by atoms with Gasteiger partial charge in [0.25, 0.3) is 22.2 Å². The van der Waals surface area contributed by atoms with E-state index < -0.39 is 5.56 Å². The molecule has 272 valence electrons. The zero-order valence-electron chi connectivity index (χ0n) is 29.8. The number of aromatic nitrogens is 4. The average molecular weight is 739 g/mol. The molecule has 0 amide bonds. The second-order valence-electron chi connectivity index (χ2n) is 13.9. The van der Waals surface area contributed by atoms with Crippen LogP contribution in [0, 0.1) is 6.92 Å². The van der Waals surface area contributed by atoms with Gasteiger partial charge in [-0.2, -0.15) is 0 Å². The van der Waals surface area contributed by atoms with Crippen molar-refractivity contribution in [3.05, 3.63) is 142 Å². The van der Waals surface area contributed by atoms with E-state index in [0.717, 1.165) is 27.5 Å². The zero-order valence-corrected chi connectivity index (χ0v) is 30.7. The normalized spacial score (nSPS) is 13.0. The number of rotatable bonds is 9. The van der Waals surface area contributed by atoms with Gasteiger partial charge in [-0.25, -0.2) is 0 Å². The third-order valence-corrected chi connectivity index (χ3v) is 11.4. The van der Waals surface area contributed by atoms with Crippen molar-refractivity contribution in [1.82, 2.24) is 25.3 Å². The van der Waals surface area contributed by atoms with Gasteiger partial charge < -0.3 is 36.1 Å². The predicted octanol–water partition coefficient (Wildman–Crippen LogP) is 6.42. The van der Waals surface area contributed by atoms with Crippen LogP contribution in [0.4, 0.5) is 0 Å². The molecule has 0 bridgehead atoms. The number of nitrogens with one attached hydrogen (secondary N) is 5. The van der Waals surface area contributed by atoms with Crippen LogP contribution in [0.2, 0.25) is 0 Å². The lowest BCUT2D eigenvalue weighted by Gasteiger charge is -2.17.